The van der Waals surface area contributed by atoms with E-state index in [1.807, 2.05) is 0 Å². The van der Waals surface area contributed by atoms with Crippen LogP contribution in [0.4, 0.5) is 0 Å². The molecule has 4 aromatic rings. The first-order valence-corrected chi connectivity index (χ1v) is 16.6. The fourth-order valence-corrected chi connectivity index (χ4v) is 2.89. The Bertz CT molecular complexity index is 694. The van der Waals surface area contributed by atoms with E-state index in [0.29, 0.717) is 0 Å². The molecule has 26 heavy (non-hydrogen) atoms. The number of fused-ring (bicyclic) bond motifs is 2. The van der Waals surface area contributed by atoms with E-state index in [2.05, 4.69) is 98.4 Å². The van der Waals surface area contributed by atoms with Gasteiger partial charge in [0.15, 0.2) is 0 Å². The fraction of sp³-hybridized carbons (Fsp3) is 0.182. The molecule has 0 aliphatic rings. The Labute approximate surface area is 178 Å². The Hall–Kier alpha value is -0.660. The van der Waals surface area contributed by atoms with Crippen LogP contribution in [0.15, 0.2) is 84.9 Å². The molecular weight excluding hydrogens is 454 g/mol. The molecule has 0 bridgehead atoms. The van der Waals surface area contributed by atoms with Crippen LogP contribution in [0.5, 0.6) is 0 Å². The van der Waals surface area contributed by atoms with Crippen LogP contribution in [-0.4, -0.2) is 9.52 Å². The number of hydrogen-bond acceptors (Lipinski definition) is 0. The van der Waals surface area contributed by atoms with Crippen molar-refractivity contribution in [3.8, 4) is 0 Å². The topological polar surface area (TPSA) is 0 Å². The average molecular weight is 479 g/mol. The van der Waals surface area contributed by atoms with E-state index in [0.717, 1.165) is 9.52 Å². The minimum absolute atomic E-state index is 0.826. The summed E-state index contributed by atoms with van der Waals surface area (Å²) in [7, 11) is 11.0. The minimum atomic E-state index is -0.826. The van der Waals surface area contributed by atoms with E-state index in [-0.39, 0.29) is 0 Å². The van der Waals surface area contributed by atoms with Gasteiger partial charge in [-0.2, -0.15) is 35.0 Å². The Kier molecular flexibility index (Phi) is 13.9. The third-order valence-corrected chi connectivity index (χ3v) is 4.60. The fourth-order valence-electron chi connectivity index (χ4n) is 2.39. The van der Waals surface area contributed by atoms with Crippen molar-refractivity contribution in [1.82, 2.24) is 0 Å². The molecule has 0 aliphatic heterocycles. The van der Waals surface area contributed by atoms with Crippen LogP contribution in [0.3, 0.4) is 0 Å². The molecule has 0 nitrogen and oxygen atoms in total. The molecule has 0 saturated heterocycles. The SMILES string of the molecule is CCC[Si]C.[Cl][Zr+2][Cl].c1ccc2[cH-]ccc2c1.c1ccc2[cH-]ccc2c1. The summed E-state index contributed by atoms with van der Waals surface area (Å²) in [4.78, 5) is 0. The van der Waals surface area contributed by atoms with Crippen molar-refractivity contribution >= 4 is 48.1 Å². The zero-order valence-corrected chi connectivity index (χ0v) is 20.2. The second-order valence-electron chi connectivity index (χ2n) is 5.48. The maximum absolute atomic E-state index is 4.93. The molecule has 4 aromatic carbocycles. The van der Waals surface area contributed by atoms with Gasteiger partial charge < -0.3 is 0 Å². The Balaban J connectivity index is 0.000000189. The number of benzene rings is 2. The summed E-state index contributed by atoms with van der Waals surface area (Å²) in [6.07, 6.45) is 1.36. The van der Waals surface area contributed by atoms with Crippen molar-refractivity contribution in [1.29, 1.82) is 0 Å². The molecule has 0 saturated carbocycles. The molecule has 0 amide bonds. The van der Waals surface area contributed by atoms with Crippen LogP contribution in [0.25, 0.3) is 21.5 Å². The molecule has 0 aliphatic carbocycles. The number of rotatable bonds is 2. The van der Waals surface area contributed by atoms with Gasteiger partial charge in [0.05, 0.1) is 0 Å². The van der Waals surface area contributed by atoms with Crippen molar-refractivity contribution in [2.24, 2.45) is 0 Å². The number of hydrogen-bond donors (Lipinski definition) is 0. The van der Waals surface area contributed by atoms with Crippen LogP contribution in [0.1, 0.15) is 13.3 Å². The predicted octanol–water partition coefficient (Wildman–Crippen LogP) is 8.06. The van der Waals surface area contributed by atoms with Gasteiger partial charge in [-0.3, -0.25) is 0 Å². The molecule has 0 fully saturated rings. The maximum atomic E-state index is 4.93. The zero-order valence-electron chi connectivity index (χ0n) is 15.3. The van der Waals surface area contributed by atoms with Gasteiger partial charge in [-0.15, -0.1) is 59.3 Å². The van der Waals surface area contributed by atoms with Gasteiger partial charge in [-0.05, 0) is 0 Å². The molecule has 0 atom stereocenters. The molecule has 0 spiro atoms. The average Bonchev–Trinajstić information content (AvgIpc) is 3.33. The molecule has 4 heteroatoms. The number of halogens is 2. The molecule has 2 radical (unpaired) electrons. The minimum Gasteiger partial charge on any atom is -0.168 e. The summed E-state index contributed by atoms with van der Waals surface area (Å²) in [6.45, 7) is 4.46. The Morgan fingerprint density at radius 3 is 1.54 bits per heavy atom. The molecule has 0 unspecified atom stereocenters. The van der Waals surface area contributed by atoms with Gasteiger partial charge in [0.1, 0.15) is 0 Å². The van der Waals surface area contributed by atoms with E-state index in [4.69, 9.17) is 17.0 Å². The Morgan fingerprint density at radius 2 is 1.23 bits per heavy atom. The van der Waals surface area contributed by atoms with Crippen LogP contribution >= 0.6 is 17.0 Å². The first-order valence-electron chi connectivity index (χ1n) is 8.58. The van der Waals surface area contributed by atoms with Gasteiger partial charge in [0.25, 0.3) is 0 Å². The molecule has 0 heterocycles. The van der Waals surface area contributed by atoms with Crippen molar-refractivity contribution in [3.63, 3.8) is 0 Å². The van der Waals surface area contributed by atoms with Gasteiger partial charge >= 0.3 is 37.9 Å². The van der Waals surface area contributed by atoms with Crippen molar-refractivity contribution in [2.45, 2.75) is 25.9 Å². The second-order valence-corrected chi connectivity index (χ2v) is 10.4. The quantitative estimate of drug-likeness (QED) is 0.202. The van der Waals surface area contributed by atoms with Gasteiger partial charge in [-0.1, -0.05) is 38.1 Å². The van der Waals surface area contributed by atoms with E-state index in [1.54, 1.807) is 0 Å². The smallest absolute Gasteiger partial charge is 0.0809 e. The Morgan fingerprint density at radius 1 is 0.808 bits per heavy atom. The summed E-state index contributed by atoms with van der Waals surface area (Å²) in [5.74, 6) is 0. The summed E-state index contributed by atoms with van der Waals surface area (Å²) in [6, 6.07) is 30.8. The largest absolute Gasteiger partial charge is 0.168 e. The first kappa shape index (κ1) is 23.4. The monoisotopic (exact) mass is 476 g/mol. The predicted molar refractivity (Wildman–Crippen MR) is 118 cm³/mol. The van der Waals surface area contributed by atoms with Gasteiger partial charge in [0.2, 0.25) is 0 Å². The van der Waals surface area contributed by atoms with Crippen LogP contribution < -0.4 is 0 Å². The molecule has 134 valence electrons. The molecular formula is C22H24Cl2SiZr. The zero-order chi connectivity index (χ0) is 19.0. The van der Waals surface area contributed by atoms with E-state index in [1.165, 1.54) is 34.0 Å². The van der Waals surface area contributed by atoms with E-state index < -0.39 is 20.8 Å². The molecule has 0 N–H and O–H groups in total. The standard InChI is InChI=1S/2C9H7.C4H10Si.2ClH.Zr/c2*1-2-5-9-7-3-6-8(9)4-1;1-3-4-5-2;;;/h2*1-7H;3-4H2,1-2H3;2*1H;/q2*-1;;;;+4/p-2. The van der Waals surface area contributed by atoms with Gasteiger partial charge in [-0.25, -0.2) is 0 Å². The third kappa shape index (κ3) is 9.33. The summed E-state index contributed by atoms with van der Waals surface area (Å²) in [5.41, 5.74) is 0. The van der Waals surface area contributed by atoms with Crippen LogP contribution in [-0.2, 0) is 20.8 Å². The van der Waals surface area contributed by atoms with E-state index >= 15 is 0 Å². The summed E-state index contributed by atoms with van der Waals surface area (Å²) >= 11 is -0.826. The van der Waals surface area contributed by atoms with Crippen LogP contribution in [0, 0.1) is 0 Å². The summed E-state index contributed by atoms with van der Waals surface area (Å²) in [5, 5.41) is 5.32. The van der Waals surface area contributed by atoms with Crippen molar-refractivity contribution in [3.05, 3.63) is 84.9 Å². The first-order chi connectivity index (χ1) is 12.8. The maximum Gasteiger partial charge on any atom is -0.0809 e. The van der Waals surface area contributed by atoms with E-state index in [9.17, 15) is 0 Å². The third-order valence-electron chi connectivity index (χ3n) is 3.60. The molecule has 4 rings (SSSR count). The van der Waals surface area contributed by atoms with Crippen molar-refractivity contribution in [2.75, 3.05) is 0 Å². The van der Waals surface area contributed by atoms with Crippen LogP contribution in [0.2, 0.25) is 12.6 Å². The van der Waals surface area contributed by atoms with Gasteiger partial charge in [0, 0.05) is 9.52 Å². The summed E-state index contributed by atoms with van der Waals surface area (Å²) < 4.78 is 0. The normalized spacial score (nSPS) is 9.08. The van der Waals surface area contributed by atoms with Crippen molar-refractivity contribution < 1.29 is 20.8 Å². The second kappa shape index (κ2) is 15.4. The molecule has 0 aromatic heterocycles.